The van der Waals surface area contributed by atoms with Crippen molar-refractivity contribution in [3.63, 3.8) is 0 Å². The first kappa shape index (κ1) is 14.9. The SMILES string of the molecule is COc1ccc(C)cc1NC(=O)[C@@H](C)[NH+]1CCCCC1. The number of nitrogens with one attached hydrogen (secondary N) is 2. The van der Waals surface area contributed by atoms with Crippen LogP contribution < -0.4 is 15.0 Å². The van der Waals surface area contributed by atoms with Crippen molar-refractivity contribution in [1.29, 1.82) is 0 Å². The number of hydrogen-bond acceptors (Lipinski definition) is 2. The van der Waals surface area contributed by atoms with Crippen molar-refractivity contribution in [2.45, 2.75) is 39.2 Å². The van der Waals surface area contributed by atoms with E-state index in [4.69, 9.17) is 4.74 Å². The summed E-state index contributed by atoms with van der Waals surface area (Å²) in [5.74, 6) is 0.788. The molecule has 1 saturated heterocycles. The van der Waals surface area contributed by atoms with Gasteiger partial charge in [-0.3, -0.25) is 4.79 Å². The normalized spacial score (nSPS) is 17.6. The molecule has 4 heteroatoms. The number of likely N-dealkylation sites (tertiary alicyclic amines) is 1. The Bertz CT molecular complexity index is 468. The predicted molar refractivity (Wildman–Crippen MR) is 80.4 cm³/mol. The average Bonchev–Trinajstić information content (AvgIpc) is 2.47. The molecule has 0 radical (unpaired) electrons. The van der Waals surface area contributed by atoms with Gasteiger partial charge in [0.2, 0.25) is 0 Å². The predicted octanol–water partition coefficient (Wildman–Crippen LogP) is 1.40. The zero-order valence-corrected chi connectivity index (χ0v) is 12.7. The first-order valence-electron chi connectivity index (χ1n) is 7.42. The van der Waals surface area contributed by atoms with E-state index in [1.165, 1.54) is 24.2 Å². The standard InChI is InChI=1S/C16H24N2O2/c1-12-7-8-15(20-3)14(11-12)17-16(19)13(2)18-9-5-4-6-10-18/h7-8,11,13H,4-6,9-10H2,1-3H3,(H,17,19)/p+1/t13-/m1/s1. The molecule has 2 rings (SSSR count). The average molecular weight is 277 g/mol. The van der Waals surface area contributed by atoms with Crippen LogP contribution in [0, 0.1) is 6.92 Å². The van der Waals surface area contributed by atoms with E-state index in [0.29, 0.717) is 5.75 Å². The summed E-state index contributed by atoms with van der Waals surface area (Å²) in [6.07, 6.45) is 3.74. The number of ether oxygens (including phenoxy) is 1. The molecule has 0 unspecified atom stereocenters. The minimum atomic E-state index is -0.0134. The fourth-order valence-electron chi connectivity index (χ4n) is 2.78. The molecule has 4 nitrogen and oxygen atoms in total. The van der Waals surface area contributed by atoms with Gasteiger partial charge < -0.3 is 15.0 Å². The number of carbonyl (C=O) groups is 1. The maximum atomic E-state index is 12.4. The van der Waals surface area contributed by atoms with Crippen molar-refractivity contribution < 1.29 is 14.4 Å². The Morgan fingerprint density at radius 3 is 2.65 bits per heavy atom. The second kappa shape index (κ2) is 6.75. The van der Waals surface area contributed by atoms with Crippen LogP contribution >= 0.6 is 0 Å². The summed E-state index contributed by atoms with van der Waals surface area (Å²) in [5.41, 5.74) is 1.87. The number of amides is 1. The van der Waals surface area contributed by atoms with Crippen molar-refractivity contribution in [3.05, 3.63) is 23.8 Å². The molecule has 1 amide bonds. The molecule has 1 fully saturated rings. The van der Waals surface area contributed by atoms with Gasteiger partial charge >= 0.3 is 0 Å². The van der Waals surface area contributed by atoms with Crippen molar-refractivity contribution >= 4 is 11.6 Å². The molecule has 1 aromatic rings. The number of piperidine rings is 1. The molecule has 1 aliphatic rings. The van der Waals surface area contributed by atoms with Crippen LogP contribution in [-0.4, -0.2) is 32.1 Å². The van der Waals surface area contributed by atoms with Crippen LogP contribution in [0.4, 0.5) is 5.69 Å². The van der Waals surface area contributed by atoms with Crippen LogP contribution in [0.1, 0.15) is 31.7 Å². The molecule has 1 aliphatic heterocycles. The maximum Gasteiger partial charge on any atom is 0.282 e. The molecule has 0 bridgehead atoms. The van der Waals surface area contributed by atoms with Crippen molar-refractivity contribution in [3.8, 4) is 5.75 Å². The minimum absolute atomic E-state index is 0.0134. The third-order valence-electron chi connectivity index (χ3n) is 4.11. The summed E-state index contributed by atoms with van der Waals surface area (Å²) in [7, 11) is 1.62. The molecule has 1 heterocycles. The summed E-state index contributed by atoms with van der Waals surface area (Å²) in [6, 6.07) is 5.81. The molecule has 0 aliphatic carbocycles. The zero-order chi connectivity index (χ0) is 14.5. The second-order valence-corrected chi connectivity index (χ2v) is 5.63. The summed E-state index contributed by atoms with van der Waals surface area (Å²) < 4.78 is 5.30. The van der Waals surface area contributed by atoms with Crippen LogP contribution in [0.15, 0.2) is 18.2 Å². The minimum Gasteiger partial charge on any atom is -0.495 e. The van der Waals surface area contributed by atoms with Gasteiger partial charge in [0.15, 0.2) is 6.04 Å². The van der Waals surface area contributed by atoms with Crippen molar-refractivity contribution in [2.24, 2.45) is 0 Å². The summed E-state index contributed by atoms with van der Waals surface area (Å²) in [6.45, 7) is 6.21. The lowest BCUT2D eigenvalue weighted by atomic mass is 10.1. The number of methoxy groups -OCH3 is 1. The highest BCUT2D eigenvalue weighted by atomic mass is 16.5. The number of aryl methyl sites for hydroxylation is 1. The molecule has 1 atom stereocenters. The highest BCUT2D eigenvalue weighted by Crippen LogP contribution is 2.25. The summed E-state index contributed by atoms with van der Waals surface area (Å²) in [5, 5.41) is 3.01. The van der Waals surface area contributed by atoms with E-state index in [0.717, 1.165) is 24.3 Å². The fourth-order valence-corrected chi connectivity index (χ4v) is 2.78. The van der Waals surface area contributed by atoms with E-state index < -0.39 is 0 Å². The first-order chi connectivity index (χ1) is 9.61. The topological polar surface area (TPSA) is 42.8 Å². The first-order valence-corrected chi connectivity index (χ1v) is 7.42. The molecule has 1 aromatic carbocycles. The van der Waals surface area contributed by atoms with Gasteiger partial charge in [-0.05, 0) is 50.8 Å². The molecular formula is C16H25N2O2+. The van der Waals surface area contributed by atoms with Crippen molar-refractivity contribution in [2.75, 3.05) is 25.5 Å². The Morgan fingerprint density at radius 1 is 1.30 bits per heavy atom. The number of rotatable bonds is 4. The smallest absolute Gasteiger partial charge is 0.282 e. The maximum absolute atomic E-state index is 12.4. The van der Waals surface area contributed by atoms with Crippen LogP contribution in [0.5, 0.6) is 5.75 Å². The van der Waals surface area contributed by atoms with Gasteiger partial charge in [0.1, 0.15) is 5.75 Å². The third-order valence-corrected chi connectivity index (χ3v) is 4.11. The Morgan fingerprint density at radius 2 is 2.00 bits per heavy atom. The number of quaternary nitrogens is 1. The third kappa shape index (κ3) is 3.51. The fraction of sp³-hybridized carbons (Fsp3) is 0.562. The molecule has 0 aromatic heterocycles. The summed E-state index contributed by atoms with van der Waals surface area (Å²) >= 11 is 0. The largest absolute Gasteiger partial charge is 0.495 e. The van der Waals surface area contributed by atoms with E-state index in [1.807, 2.05) is 32.0 Å². The summed E-state index contributed by atoms with van der Waals surface area (Å²) in [4.78, 5) is 13.8. The number of anilines is 1. The molecule has 2 N–H and O–H groups in total. The van der Waals surface area contributed by atoms with Gasteiger partial charge in [-0.2, -0.15) is 0 Å². The van der Waals surface area contributed by atoms with Gasteiger partial charge in [0.25, 0.3) is 5.91 Å². The Hall–Kier alpha value is -1.55. The Labute approximate surface area is 121 Å². The van der Waals surface area contributed by atoms with Gasteiger partial charge in [0.05, 0.1) is 25.9 Å². The van der Waals surface area contributed by atoms with E-state index in [2.05, 4.69) is 5.32 Å². The molecular weight excluding hydrogens is 252 g/mol. The zero-order valence-electron chi connectivity index (χ0n) is 12.7. The molecule has 20 heavy (non-hydrogen) atoms. The van der Waals surface area contributed by atoms with E-state index in [-0.39, 0.29) is 11.9 Å². The van der Waals surface area contributed by atoms with E-state index in [1.54, 1.807) is 7.11 Å². The van der Waals surface area contributed by atoms with Gasteiger partial charge in [-0.25, -0.2) is 0 Å². The lowest BCUT2D eigenvalue weighted by Crippen LogP contribution is -3.17. The molecule has 0 saturated carbocycles. The number of benzene rings is 1. The Kier molecular flexibility index (Phi) is 5.01. The second-order valence-electron chi connectivity index (χ2n) is 5.63. The van der Waals surface area contributed by atoms with E-state index in [9.17, 15) is 4.79 Å². The van der Waals surface area contributed by atoms with Gasteiger partial charge in [0, 0.05) is 0 Å². The van der Waals surface area contributed by atoms with Crippen LogP contribution in [0.25, 0.3) is 0 Å². The number of hydrogen-bond donors (Lipinski definition) is 2. The Balaban J connectivity index is 2.05. The highest BCUT2D eigenvalue weighted by Gasteiger charge is 2.27. The van der Waals surface area contributed by atoms with Crippen LogP contribution in [0.2, 0.25) is 0 Å². The lowest BCUT2D eigenvalue weighted by Gasteiger charge is -2.28. The van der Waals surface area contributed by atoms with E-state index >= 15 is 0 Å². The number of carbonyl (C=O) groups excluding carboxylic acids is 1. The highest BCUT2D eigenvalue weighted by molar-refractivity contribution is 5.95. The van der Waals surface area contributed by atoms with Gasteiger partial charge in [-0.1, -0.05) is 6.07 Å². The van der Waals surface area contributed by atoms with Gasteiger partial charge in [-0.15, -0.1) is 0 Å². The van der Waals surface area contributed by atoms with Crippen LogP contribution in [-0.2, 0) is 4.79 Å². The monoisotopic (exact) mass is 277 g/mol. The van der Waals surface area contributed by atoms with Crippen LogP contribution in [0.3, 0.4) is 0 Å². The molecule has 110 valence electrons. The lowest BCUT2D eigenvalue weighted by molar-refractivity contribution is -0.918. The van der Waals surface area contributed by atoms with Crippen molar-refractivity contribution in [1.82, 2.24) is 0 Å². The molecule has 0 spiro atoms. The quantitative estimate of drug-likeness (QED) is 0.873.